The topological polar surface area (TPSA) is 53.7 Å². The van der Waals surface area contributed by atoms with Gasteiger partial charge < -0.3 is 14.6 Å². The summed E-state index contributed by atoms with van der Waals surface area (Å²) in [5, 5.41) is 5.35. The molecule has 0 aliphatic heterocycles. The minimum Gasteiger partial charge on any atom is -0.443 e. The van der Waals surface area contributed by atoms with Gasteiger partial charge >= 0.3 is 0 Å². The van der Waals surface area contributed by atoms with Crippen LogP contribution in [-0.4, -0.2) is 36.5 Å². The Labute approximate surface area is 171 Å². The normalized spacial score (nSPS) is 11.0. The molecule has 5 nitrogen and oxygen atoms in total. The summed E-state index contributed by atoms with van der Waals surface area (Å²) in [7, 11) is 3.86. The molecule has 0 amide bonds. The predicted octanol–water partition coefficient (Wildman–Crippen LogP) is 4.77. The molecule has 0 atom stereocenters. The maximum Gasteiger partial charge on any atom is 0.236 e. The fraction of sp³-hybridized carbons (Fsp3) is 0.444. The van der Waals surface area contributed by atoms with Crippen LogP contribution in [0, 0.1) is 0 Å². The van der Waals surface area contributed by atoms with Crippen molar-refractivity contribution < 1.29 is 4.42 Å². The van der Waals surface area contributed by atoms with E-state index in [2.05, 4.69) is 33.8 Å². The summed E-state index contributed by atoms with van der Waals surface area (Å²) in [6, 6.07) is 4.00. The van der Waals surface area contributed by atoms with Crippen molar-refractivity contribution in [3.8, 4) is 10.8 Å². The van der Waals surface area contributed by atoms with Crippen molar-refractivity contribution in [2.45, 2.75) is 32.2 Å². The summed E-state index contributed by atoms with van der Waals surface area (Å²) >= 11 is 1.62. The Morgan fingerprint density at radius 3 is 2.96 bits per heavy atom. The molecule has 1 N–H and O–H groups in total. The fourth-order valence-electron chi connectivity index (χ4n) is 2.38. The van der Waals surface area contributed by atoms with Crippen LogP contribution in [0.3, 0.4) is 0 Å². The van der Waals surface area contributed by atoms with Gasteiger partial charge in [-0.05, 0) is 30.7 Å². The number of guanidine groups is 1. The van der Waals surface area contributed by atoms with Crippen LogP contribution in [0.25, 0.3) is 10.8 Å². The third-order valence-electron chi connectivity index (χ3n) is 3.69. The molecule has 138 valence electrons. The molecule has 2 aromatic heterocycles. The van der Waals surface area contributed by atoms with Crippen LogP contribution in [0.1, 0.15) is 31.4 Å². The van der Waals surface area contributed by atoms with Gasteiger partial charge in [-0.2, -0.15) is 0 Å². The van der Waals surface area contributed by atoms with Gasteiger partial charge in [0.25, 0.3) is 0 Å². The number of nitrogens with zero attached hydrogens (tertiary/aromatic N) is 3. The van der Waals surface area contributed by atoms with E-state index in [9.17, 15) is 0 Å². The Bertz CT molecular complexity index is 639. The van der Waals surface area contributed by atoms with Crippen molar-refractivity contribution >= 4 is 41.3 Å². The first-order valence-electron chi connectivity index (χ1n) is 8.25. The molecule has 0 fully saturated rings. The van der Waals surface area contributed by atoms with Gasteiger partial charge in [-0.3, -0.25) is 4.99 Å². The molecule has 25 heavy (non-hydrogen) atoms. The number of thiophene rings is 1. The molecule has 0 aliphatic rings. The summed E-state index contributed by atoms with van der Waals surface area (Å²) in [5.41, 5.74) is 0.874. The molecule has 0 aliphatic carbocycles. The van der Waals surface area contributed by atoms with E-state index in [4.69, 9.17) is 4.42 Å². The van der Waals surface area contributed by atoms with Gasteiger partial charge in [0.1, 0.15) is 6.26 Å². The number of hydrogen-bond donors (Lipinski definition) is 1. The Hall–Kier alpha value is -1.35. The van der Waals surface area contributed by atoms with E-state index in [0.29, 0.717) is 12.4 Å². The fourth-order valence-corrected chi connectivity index (χ4v) is 3.03. The molecule has 0 aromatic carbocycles. The van der Waals surface area contributed by atoms with Crippen molar-refractivity contribution in [2.24, 2.45) is 4.99 Å². The highest BCUT2D eigenvalue weighted by Gasteiger charge is 2.09. The summed E-state index contributed by atoms with van der Waals surface area (Å²) in [6.45, 7) is 5.34. The third-order valence-corrected chi connectivity index (χ3v) is 4.54. The Balaban J connectivity index is 0.00000312. The Kier molecular flexibility index (Phi) is 10.5. The van der Waals surface area contributed by atoms with Gasteiger partial charge in [-0.25, -0.2) is 4.98 Å². The molecule has 0 spiro atoms. The van der Waals surface area contributed by atoms with Crippen LogP contribution in [0.15, 0.2) is 45.8 Å². The minimum absolute atomic E-state index is 0. The van der Waals surface area contributed by atoms with E-state index in [-0.39, 0.29) is 24.0 Å². The van der Waals surface area contributed by atoms with Crippen molar-refractivity contribution in [3.05, 3.63) is 42.1 Å². The van der Waals surface area contributed by atoms with E-state index in [0.717, 1.165) is 35.9 Å². The lowest BCUT2D eigenvalue weighted by Crippen LogP contribution is -2.39. The largest absolute Gasteiger partial charge is 0.443 e. The Morgan fingerprint density at radius 2 is 2.28 bits per heavy atom. The average molecular weight is 474 g/mol. The summed E-state index contributed by atoms with van der Waals surface area (Å²) in [6.07, 6.45) is 8.33. The van der Waals surface area contributed by atoms with E-state index < -0.39 is 0 Å². The van der Waals surface area contributed by atoms with Crippen molar-refractivity contribution in [2.75, 3.05) is 20.6 Å². The number of halogens is 1. The molecule has 2 aromatic rings. The molecular weight excluding hydrogens is 447 g/mol. The molecule has 0 saturated heterocycles. The maximum atomic E-state index is 5.54. The lowest BCUT2D eigenvalue weighted by atomic mass is 10.2. The summed E-state index contributed by atoms with van der Waals surface area (Å²) in [5.74, 6) is 1.55. The first-order valence-corrected chi connectivity index (χ1v) is 9.13. The zero-order valence-corrected chi connectivity index (χ0v) is 18.0. The van der Waals surface area contributed by atoms with Crippen LogP contribution in [0.2, 0.25) is 0 Å². The number of hydrogen-bond acceptors (Lipinski definition) is 4. The molecule has 0 unspecified atom stereocenters. The number of unbranched alkanes of at least 4 members (excludes halogenated alkanes) is 3. The number of nitrogens with one attached hydrogen (secondary N) is 1. The monoisotopic (exact) mass is 474 g/mol. The van der Waals surface area contributed by atoms with Crippen molar-refractivity contribution in [1.29, 1.82) is 0 Å². The molecule has 0 bridgehead atoms. The quantitative estimate of drug-likeness (QED) is 0.187. The number of oxazole rings is 1. The van der Waals surface area contributed by atoms with Crippen LogP contribution >= 0.6 is 35.3 Å². The smallest absolute Gasteiger partial charge is 0.236 e. The summed E-state index contributed by atoms with van der Waals surface area (Å²) in [4.78, 5) is 12.0. The van der Waals surface area contributed by atoms with Crippen LogP contribution < -0.4 is 5.32 Å². The van der Waals surface area contributed by atoms with E-state index in [1.807, 2.05) is 23.6 Å². The molecule has 2 rings (SSSR count). The van der Waals surface area contributed by atoms with Gasteiger partial charge in [0.2, 0.25) is 5.89 Å². The average Bonchev–Trinajstić information content (AvgIpc) is 3.26. The zero-order valence-electron chi connectivity index (χ0n) is 14.9. The van der Waals surface area contributed by atoms with E-state index in [1.165, 1.54) is 12.8 Å². The van der Waals surface area contributed by atoms with Gasteiger partial charge in [-0.1, -0.05) is 18.6 Å². The van der Waals surface area contributed by atoms with Gasteiger partial charge in [0.05, 0.1) is 17.1 Å². The zero-order chi connectivity index (χ0) is 17.2. The van der Waals surface area contributed by atoms with Gasteiger partial charge in [-0.15, -0.1) is 41.9 Å². The number of rotatable bonds is 9. The molecule has 0 radical (unpaired) electrons. The van der Waals surface area contributed by atoms with Crippen LogP contribution in [-0.2, 0) is 6.54 Å². The lowest BCUT2D eigenvalue weighted by molar-refractivity contribution is 0.454. The van der Waals surface area contributed by atoms with E-state index in [1.54, 1.807) is 24.6 Å². The number of aliphatic imine (C=N–C) groups is 1. The van der Waals surface area contributed by atoms with E-state index >= 15 is 0 Å². The SMILES string of the molecule is C=CCCCCCN(C)C(=NC)NCc1coc(-c2cccs2)n1.I. The molecule has 2 heterocycles. The number of aromatic nitrogens is 1. The number of allylic oxidation sites excluding steroid dienone is 1. The van der Waals surface area contributed by atoms with Crippen molar-refractivity contribution in [3.63, 3.8) is 0 Å². The van der Waals surface area contributed by atoms with Crippen molar-refractivity contribution in [1.82, 2.24) is 15.2 Å². The molecule has 0 saturated carbocycles. The second-order valence-corrected chi connectivity index (χ2v) is 6.53. The third kappa shape index (κ3) is 7.19. The maximum absolute atomic E-state index is 5.54. The summed E-state index contributed by atoms with van der Waals surface area (Å²) < 4.78 is 5.54. The highest BCUT2D eigenvalue weighted by atomic mass is 127. The predicted molar refractivity (Wildman–Crippen MR) is 117 cm³/mol. The second kappa shape index (κ2) is 12.1. The van der Waals surface area contributed by atoms with Crippen LogP contribution in [0.5, 0.6) is 0 Å². The lowest BCUT2D eigenvalue weighted by Gasteiger charge is -2.21. The first-order chi connectivity index (χ1) is 11.7. The molecule has 7 heteroatoms. The van der Waals surface area contributed by atoms with Gasteiger partial charge in [0, 0.05) is 20.6 Å². The second-order valence-electron chi connectivity index (χ2n) is 5.58. The minimum atomic E-state index is 0. The van der Waals surface area contributed by atoms with Crippen LogP contribution in [0.4, 0.5) is 0 Å². The van der Waals surface area contributed by atoms with Gasteiger partial charge in [0.15, 0.2) is 5.96 Å². The molecular formula is C18H27IN4OS. The Morgan fingerprint density at radius 1 is 1.44 bits per heavy atom. The first kappa shape index (κ1) is 21.7. The highest BCUT2D eigenvalue weighted by Crippen LogP contribution is 2.23. The highest BCUT2D eigenvalue weighted by molar-refractivity contribution is 14.0. The standard InChI is InChI=1S/C18H26N4OS.HI/c1-4-5-6-7-8-11-22(3)18(19-2)20-13-15-14-23-17(21-15)16-10-9-12-24-16;/h4,9-10,12,14H,1,5-8,11,13H2,2-3H3,(H,19,20);1H.